The second-order valence-corrected chi connectivity index (χ2v) is 13.4. The SMILES string of the molecule is CC(C)N(C(=O)c1c(I)ccc2c1Oc1c(ccc(I)c1C(=O)N(C(C)C)C(C)C)C2(C)C)C(C)C. The molecule has 0 saturated carbocycles. The fraction of sp³-hybridized carbons (Fsp3) is 0.517. The Morgan fingerprint density at radius 2 is 0.972 bits per heavy atom. The fourth-order valence-electron chi connectivity index (χ4n) is 5.35. The highest BCUT2D eigenvalue weighted by atomic mass is 127. The second-order valence-electron chi connectivity index (χ2n) is 11.1. The van der Waals surface area contributed by atoms with Crippen LogP contribution in [0.5, 0.6) is 11.5 Å². The predicted octanol–water partition coefficient (Wildman–Crippen LogP) is 7.85. The molecule has 0 atom stereocenters. The molecule has 1 aliphatic heterocycles. The largest absolute Gasteiger partial charge is 0.455 e. The van der Waals surface area contributed by atoms with E-state index in [1.54, 1.807) is 0 Å². The third kappa shape index (κ3) is 5.02. The van der Waals surface area contributed by atoms with Gasteiger partial charge in [0.25, 0.3) is 11.8 Å². The van der Waals surface area contributed by atoms with Crippen LogP contribution in [-0.2, 0) is 5.41 Å². The minimum atomic E-state index is -0.456. The first-order valence-electron chi connectivity index (χ1n) is 12.6. The van der Waals surface area contributed by atoms with E-state index in [4.69, 9.17) is 4.74 Å². The summed E-state index contributed by atoms with van der Waals surface area (Å²) in [5.41, 5.74) is 2.58. The Morgan fingerprint density at radius 1 is 0.667 bits per heavy atom. The van der Waals surface area contributed by atoms with Crippen LogP contribution in [0.15, 0.2) is 24.3 Å². The smallest absolute Gasteiger partial charge is 0.259 e. The molecular weight excluding hydrogens is 678 g/mol. The molecule has 0 spiro atoms. The average Bonchev–Trinajstić information content (AvgIpc) is 2.71. The van der Waals surface area contributed by atoms with Gasteiger partial charge in [0.05, 0.1) is 11.1 Å². The van der Waals surface area contributed by atoms with E-state index in [9.17, 15) is 9.59 Å². The first-order valence-corrected chi connectivity index (χ1v) is 14.8. The Morgan fingerprint density at radius 3 is 1.25 bits per heavy atom. The molecule has 0 bridgehead atoms. The molecular formula is C29H38I2N2O3. The van der Waals surface area contributed by atoms with Gasteiger partial charge in [-0.1, -0.05) is 26.0 Å². The van der Waals surface area contributed by atoms with Crippen LogP contribution in [-0.4, -0.2) is 45.8 Å². The fourth-order valence-corrected chi connectivity index (χ4v) is 6.66. The van der Waals surface area contributed by atoms with E-state index in [2.05, 4.69) is 71.2 Å². The molecule has 0 unspecified atom stereocenters. The summed E-state index contributed by atoms with van der Waals surface area (Å²) in [6.07, 6.45) is 0. The molecule has 1 heterocycles. The van der Waals surface area contributed by atoms with Crippen LogP contribution in [0.3, 0.4) is 0 Å². The number of hydrogen-bond donors (Lipinski definition) is 0. The van der Waals surface area contributed by atoms with Crippen LogP contribution < -0.4 is 4.74 Å². The van der Waals surface area contributed by atoms with Crippen LogP contribution in [0, 0.1) is 7.14 Å². The normalized spacial score (nSPS) is 14.1. The van der Waals surface area contributed by atoms with Crippen LogP contribution in [0.1, 0.15) is 101 Å². The molecule has 0 N–H and O–H groups in total. The molecule has 7 heteroatoms. The lowest BCUT2D eigenvalue weighted by atomic mass is 9.74. The molecule has 2 amide bonds. The third-order valence-electron chi connectivity index (χ3n) is 6.89. The molecule has 1 aliphatic rings. The van der Waals surface area contributed by atoms with Gasteiger partial charge in [-0.15, -0.1) is 0 Å². The van der Waals surface area contributed by atoms with E-state index in [0.717, 1.165) is 18.3 Å². The highest BCUT2D eigenvalue weighted by molar-refractivity contribution is 14.1. The molecule has 0 aromatic heterocycles. The quantitative estimate of drug-likeness (QED) is 0.287. The molecule has 36 heavy (non-hydrogen) atoms. The van der Waals surface area contributed by atoms with Crippen molar-refractivity contribution >= 4 is 57.0 Å². The summed E-state index contributed by atoms with van der Waals surface area (Å²) in [5.74, 6) is 1.02. The summed E-state index contributed by atoms with van der Waals surface area (Å²) in [7, 11) is 0. The molecule has 3 rings (SSSR count). The number of rotatable bonds is 6. The van der Waals surface area contributed by atoms with Gasteiger partial charge >= 0.3 is 0 Å². The van der Waals surface area contributed by atoms with Crippen molar-refractivity contribution in [3.8, 4) is 11.5 Å². The zero-order chi connectivity index (χ0) is 27.3. The zero-order valence-electron chi connectivity index (χ0n) is 23.0. The predicted molar refractivity (Wildman–Crippen MR) is 163 cm³/mol. The van der Waals surface area contributed by atoms with Crippen molar-refractivity contribution in [2.45, 2.75) is 98.8 Å². The first-order chi connectivity index (χ1) is 16.6. The number of nitrogens with zero attached hydrogens (tertiary/aromatic N) is 2. The van der Waals surface area contributed by atoms with Crippen molar-refractivity contribution < 1.29 is 14.3 Å². The monoisotopic (exact) mass is 716 g/mol. The molecule has 2 aromatic rings. The standard InChI is InChI=1S/C29H38I2N2O3/c1-15(2)32(16(3)4)27(34)23-21(30)13-11-19-25(23)36-26-20(29(19,9)10)12-14-22(31)24(26)28(35)33(17(5)6)18(7)8/h11-18H,1-10H3. The molecule has 0 fully saturated rings. The zero-order valence-corrected chi connectivity index (χ0v) is 27.3. The van der Waals surface area contributed by atoms with Gasteiger partial charge in [0.15, 0.2) is 0 Å². The lowest BCUT2D eigenvalue weighted by molar-refractivity contribution is 0.0634. The van der Waals surface area contributed by atoms with Gasteiger partial charge in [-0.05, 0) is 113 Å². The summed E-state index contributed by atoms with van der Waals surface area (Å²) in [6, 6.07) is 8.26. The number of halogens is 2. The second kappa shape index (κ2) is 10.8. The summed E-state index contributed by atoms with van der Waals surface area (Å²) < 4.78 is 8.37. The topological polar surface area (TPSA) is 49.9 Å². The van der Waals surface area contributed by atoms with Crippen LogP contribution >= 0.6 is 45.2 Å². The van der Waals surface area contributed by atoms with Gasteiger partial charge in [0.1, 0.15) is 11.5 Å². The number of carbonyl (C=O) groups excluding carboxylic acids is 2. The minimum absolute atomic E-state index is 0.0387. The molecule has 0 aliphatic carbocycles. The van der Waals surface area contributed by atoms with Crippen LogP contribution in [0.4, 0.5) is 0 Å². The van der Waals surface area contributed by atoms with Gasteiger partial charge in [0.2, 0.25) is 0 Å². The number of hydrogen-bond acceptors (Lipinski definition) is 3. The van der Waals surface area contributed by atoms with Crippen molar-refractivity contribution in [1.29, 1.82) is 0 Å². The summed E-state index contributed by atoms with van der Waals surface area (Å²) in [4.78, 5) is 31.7. The van der Waals surface area contributed by atoms with E-state index < -0.39 is 5.41 Å². The minimum Gasteiger partial charge on any atom is -0.455 e. The average molecular weight is 716 g/mol. The number of fused-ring (bicyclic) bond motifs is 2. The molecule has 0 saturated heterocycles. The highest BCUT2D eigenvalue weighted by Crippen LogP contribution is 2.52. The molecule has 0 radical (unpaired) electrons. The summed E-state index contributed by atoms with van der Waals surface area (Å²) in [6.45, 7) is 20.5. The number of ether oxygens (including phenoxy) is 1. The van der Waals surface area contributed by atoms with Crippen LogP contribution in [0.2, 0.25) is 0 Å². The maximum absolute atomic E-state index is 14.0. The van der Waals surface area contributed by atoms with Gasteiger partial charge in [-0.2, -0.15) is 0 Å². The lowest BCUT2D eigenvalue weighted by Crippen LogP contribution is -2.43. The Labute approximate surface area is 243 Å². The molecule has 2 aromatic carbocycles. The molecule has 196 valence electrons. The maximum atomic E-state index is 14.0. The van der Waals surface area contributed by atoms with E-state index in [-0.39, 0.29) is 36.0 Å². The lowest BCUT2D eigenvalue weighted by Gasteiger charge is -2.39. The highest BCUT2D eigenvalue weighted by Gasteiger charge is 2.41. The molecule has 5 nitrogen and oxygen atoms in total. The van der Waals surface area contributed by atoms with Crippen molar-refractivity contribution in [2.75, 3.05) is 0 Å². The van der Waals surface area contributed by atoms with Gasteiger partial charge in [-0.25, -0.2) is 0 Å². The Bertz CT molecular complexity index is 1080. The maximum Gasteiger partial charge on any atom is 0.259 e. The van der Waals surface area contributed by atoms with Crippen LogP contribution in [0.25, 0.3) is 0 Å². The van der Waals surface area contributed by atoms with E-state index >= 15 is 0 Å². The van der Waals surface area contributed by atoms with Crippen molar-refractivity contribution in [1.82, 2.24) is 9.80 Å². The third-order valence-corrected chi connectivity index (χ3v) is 8.68. The van der Waals surface area contributed by atoms with E-state index in [0.29, 0.717) is 22.6 Å². The number of benzene rings is 2. The van der Waals surface area contributed by atoms with E-state index in [1.165, 1.54) is 0 Å². The number of carbonyl (C=O) groups is 2. The van der Waals surface area contributed by atoms with Crippen molar-refractivity contribution in [3.05, 3.63) is 53.7 Å². The Kier molecular flexibility index (Phi) is 8.75. The first kappa shape index (κ1) is 29.2. The summed E-state index contributed by atoms with van der Waals surface area (Å²) in [5, 5.41) is 0. The Balaban J connectivity index is 2.31. The van der Waals surface area contributed by atoms with E-state index in [1.807, 2.05) is 77.3 Å². The van der Waals surface area contributed by atoms with Gasteiger partial charge in [0, 0.05) is 47.8 Å². The Hall–Kier alpha value is -1.36. The van der Waals surface area contributed by atoms with Crippen molar-refractivity contribution in [3.63, 3.8) is 0 Å². The summed E-state index contributed by atoms with van der Waals surface area (Å²) >= 11 is 4.45. The van der Waals surface area contributed by atoms with Gasteiger partial charge < -0.3 is 14.5 Å². The van der Waals surface area contributed by atoms with Crippen molar-refractivity contribution in [2.24, 2.45) is 0 Å². The number of amides is 2. The van der Waals surface area contributed by atoms with Gasteiger partial charge in [-0.3, -0.25) is 9.59 Å².